The van der Waals surface area contributed by atoms with Crippen molar-refractivity contribution in [1.29, 1.82) is 0 Å². The van der Waals surface area contributed by atoms with Gasteiger partial charge < -0.3 is 19.3 Å². The van der Waals surface area contributed by atoms with Crippen LogP contribution in [0.2, 0.25) is 0 Å². The number of anilines is 1. The van der Waals surface area contributed by atoms with Crippen LogP contribution >= 0.6 is 0 Å². The molecule has 0 saturated carbocycles. The summed E-state index contributed by atoms with van der Waals surface area (Å²) < 4.78 is 7.28. The molecular weight excluding hydrogens is 294 g/mol. The molecule has 1 N–H and O–H groups in total. The van der Waals surface area contributed by atoms with Crippen LogP contribution in [0.15, 0.2) is 30.6 Å². The molecule has 3 heterocycles. The summed E-state index contributed by atoms with van der Waals surface area (Å²) in [5.74, 6) is 0.876. The van der Waals surface area contributed by atoms with Crippen molar-refractivity contribution < 1.29 is 9.84 Å². The summed E-state index contributed by atoms with van der Waals surface area (Å²) in [7, 11) is 1.91. The van der Waals surface area contributed by atoms with Gasteiger partial charge in [0.1, 0.15) is 17.0 Å². The van der Waals surface area contributed by atoms with Crippen LogP contribution in [-0.2, 0) is 11.8 Å². The lowest BCUT2D eigenvalue weighted by atomic mass is 10.1. The molecule has 1 aliphatic rings. The third-order valence-electron chi connectivity index (χ3n) is 3.96. The van der Waals surface area contributed by atoms with E-state index in [1.807, 2.05) is 17.7 Å². The normalized spacial score (nSPS) is 15.3. The third-order valence-corrected chi connectivity index (χ3v) is 3.96. The molecule has 23 heavy (non-hydrogen) atoms. The second-order valence-corrected chi connectivity index (χ2v) is 5.55. The van der Waals surface area contributed by atoms with Gasteiger partial charge in [0, 0.05) is 25.7 Å². The van der Waals surface area contributed by atoms with Crippen LogP contribution in [-0.4, -0.2) is 50.9 Å². The molecule has 1 fully saturated rings. The summed E-state index contributed by atoms with van der Waals surface area (Å²) in [6.45, 7) is 2.88. The smallest absolute Gasteiger partial charge is 0.228 e. The summed E-state index contributed by atoms with van der Waals surface area (Å²) >= 11 is 0. The van der Waals surface area contributed by atoms with Gasteiger partial charge in [0.25, 0.3) is 0 Å². The number of phenols is 1. The van der Waals surface area contributed by atoms with E-state index in [0.29, 0.717) is 19.2 Å². The van der Waals surface area contributed by atoms with Crippen LogP contribution in [0.4, 0.5) is 5.95 Å². The number of imidazole rings is 1. The summed E-state index contributed by atoms with van der Waals surface area (Å²) in [4.78, 5) is 15.9. The molecule has 0 unspecified atom stereocenters. The van der Waals surface area contributed by atoms with Crippen LogP contribution in [0, 0.1) is 0 Å². The van der Waals surface area contributed by atoms with E-state index < -0.39 is 0 Å². The highest BCUT2D eigenvalue weighted by molar-refractivity contribution is 5.88. The van der Waals surface area contributed by atoms with Crippen LogP contribution in [0.5, 0.6) is 5.75 Å². The maximum Gasteiger partial charge on any atom is 0.228 e. The molecule has 0 aliphatic carbocycles. The van der Waals surface area contributed by atoms with Gasteiger partial charge in [0.05, 0.1) is 19.5 Å². The van der Waals surface area contributed by atoms with Gasteiger partial charge >= 0.3 is 0 Å². The van der Waals surface area contributed by atoms with Gasteiger partial charge in [-0.2, -0.15) is 4.98 Å². The topological polar surface area (TPSA) is 76.3 Å². The molecule has 118 valence electrons. The first-order valence-electron chi connectivity index (χ1n) is 7.53. The largest absolute Gasteiger partial charge is 0.508 e. The van der Waals surface area contributed by atoms with Gasteiger partial charge in [0.2, 0.25) is 5.95 Å². The number of aromatic hydroxyl groups is 1. The highest BCUT2D eigenvalue weighted by Gasteiger charge is 2.19. The number of nitrogens with zero attached hydrogens (tertiary/aromatic N) is 5. The lowest BCUT2D eigenvalue weighted by Gasteiger charge is -2.27. The van der Waals surface area contributed by atoms with Crippen LogP contribution in [0.25, 0.3) is 22.4 Å². The summed E-state index contributed by atoms with van der Waals surface area (Å²) in [6.07, 6.45) is 1.73. The monoisotopic (exact) mass is 311 g/mol. The van der Waals surface area contributed by atoms with Crippen molar-refractivity contribution >= 4 is 17.1 Å². The summed E-state index contributed by atoms with van der Waals surface area (Å²) in [5, 5.41) is 9.77. The SMILES string of the molecule is Cn1cnc2c(-c3cccc(O)c3)nc(N3CCOCC3)nc21. The molecule has 1 saturated heterocycles. The molecule has 0 radical (unpaired) electrons. The molecule has 0 spiro atoms. The number of aromatic nitrogens is 4. The molecule has 2 aromatic heterocycles. The lowest BCUT2D eigenvalue weighted by molar-refractivity contribution is 0.122. The Hall–Kier alpha value is -2.67. The van der Waals surface area contributed by atoms with Gasteiger partial charge in [-0.15, -0.1) is 0 Å². The Balaban J connectivity index is 1.91. The van der Waals surface area contributed by atoms with Gasteiger partial charge in [-0.1, -0.05) is 12.1 Å². The van der Waals surface area contributed by atoms with E-state index >= 15 is 0 Å². The Morgan fingerprint density at radius 3 is 2.78 bits per heavy atom. The Morgan fingerprint density at radius 2 is 2.00 bits per heavy atom. The van der Waals surface area contributed by atoms with E-state index in [1.54, 1.807) is 24.5 Å². The average molecular weight is 311 g/mol. The third kappa shape index (κ3) is 2.49. The number of morpholine rings is 1. The first kappa shape index (κ1) is 14.0. The minimum atomic E-state index is 0.207. The number of rotatable bonds is 2. The second-order valence-electron chi connectivity index (χ2n) is 5.55. The van der Waals surface area contributed by atoms with Crippen LogP contribution < -0.4 is 4.90 Å². The fourth-order valence-corrected chi connectivity index (χ4v) is 2.75. The molecular formula is C16H17N5O2. The van der Waals surface area contributed by atoms with Gasteiger partial charge in [-0.3, -0.25) is 0 Å². The molecule has 7 heteroatoms. The Bertz CT molecular complexity index is 855. The average Bonchev–Trinajstić information content (AvgIpc) is 2.96. The number of phenolic OH excluding ortho intramolecular Hbond substituents is 1. The molecule has 1 aliphatic heterocycles. The first-order valence-corrected chi connectivity index (χ1v) is 7.53. The van der Waals surface area contributed by atoms with Gasteiger partial charge in [-0.25, -0.2) is 9.97 Å². The quantitative estimate of drug-likeness (QED) is 0.774. The van der Waals surface area contributed by atoms with Crippen molar-refractivity contribution in [3.63, 3.8) is 0 Å². The fourth-order valence-electron chi connectivity index (χ4n) is 2.75. The lowest BCUT2D eigenvalue weighted by Crippen LogP contribution is -2.37. The maximum atomic E-state index is 9.77. The number of hydrogen-bond acceptors (Lipinski definition) is 6. The molecule has 0 bridgehead atoms. The predicted octanol–water partition coefficient (Wildman–Crippen LogP) is 1.57. The minimum absolute atomic E-state index is 0.207. The molecule has 0 amide bonds. The molecule has 4 rings (SSSR count). The standard InChI is InChI=1S/C16H17N5O2/c1-20-10-17-14-13(11-3-2-4-12(22)9-11)18-16(19-15(14)20)21-5-7-23-8-6-21/h2-4,9-10,22H,5-8H2,1H3. The minimum Gasteiger partial charge on any atom is -0.508 e. The number of fused-ring (bicyclic) bond motifs is 1. The van der Waals surface area contributed by atoms with Crippen LogP contribution in [0.3, 0.4) is 0 Å². The summed E-state index contributed by atoms with van der Waals surface area (Å²) in [5.41, 5.74) is 3.06. The summed E-state index contributed by atoms with van der Waals surface area (Å²) in [6, 6.07) is 7.05. The van der Waals surface area contributed by atoms with Crippen molar-refractivity contribution in [2.24, 2.45) is 7.05 Å². The highest BCUT2D eigenvalue weighted by Crippen LogP contribution is 2.29. The zero-order valence-corrected chi connectivity index (χ0v) is 12.8. The van der Waals surface area contributed by atoms with E-state index in [1.165, 1.54) is 0 Å². The van der Waals surface area contributed by atoms with Gasteiger partial charge in [-0.05, 0) is 12.1 Å². The number of aryl methyl sites for hydroxylation is 1. The van der Waals surface area contributed by atoms with E-state index in [0.717, 1.165) is 35.5 Å². The van der Waals surface area contributed by atoms with E-state index in [4.69, 9.17) is 9.72 Å². The number of hydrogen-bond donors (Lipinski definition) is 1. The fraction of sp³-hybridized carbons (Fsp3) is 0.312. The van der Waals surface area contributed by atoms with E-state index in [9.17, 15) is 5.11 Å². The number of benzene rings is 1. The molecule has 7 nitrogen and oxygen atoms in total. The van der Waals surface area contributed by atoms with Crippen molar-refractivity contribution in [2.75, 3.05) is 31.2 Å². The van der Waals surface area contributed by atoms with Crippen molar-refractivity contribution in [3.8, 4) is 17.0 Å². The maximum absolute atomic E-state index is 9.77. The first-order chi connectivity index (χ1) is 11.2. The van der Waals surface area contributed by atoms with Crippen molar-refractivity contribution in [1.82, 2.24) is 19.5 Å². The van der Waals surface area contributed by atoms with Crippen molar-refractivity contribution in [3.05, 3.63) is 30.6 Å². The highest BCUT2D eigenvalue weighted by atomic mass is 16.5. The molecule has 0 atom stereocenters. The second kappa shape index (κ2) is 5.51. The Labute approximate surface area is 133 Å². The Morgan fingerprint density at radius 1 is 1.17 bits per heavy atom. The molecule has 3 aromatic rings. The van der Waals surface area contributed by atoms with Crippen molar-refractivity contribution in [2.45, 2.75) is 0 Å². The van der Waals surface area contributed by atoms with E-state index in [2.05, 4.69) is 14.9 Å². The zero-order valence-electron chi connectivity index (χ0n) is 12.8. The molecule has 1 aromatic carbocycles. The number of ether oxygens (including phenoxy) is 1. The predicted molar refractivity (Wildman–Crippen MR) is 86.4 cm³/mol. The van der Waals surface area contributed by atoms with Crippen LogP contribution in [0.1, 0.15) is 0 Å². The Kier molecular flexibility index (Phi) is 3.34. The van der Waals surface area contributed by atoms with Gasteiger partial charge in [0.15, 0.2) is 5.65 Å². The zero-order chi connectivity index (χ0) is 15.8. The van der Waals surface area contributed by atoms with E-state index in [-0.39, 0.29) is 5.75 Å².